The highest BCUT2D eigenvalue weighted by Gasteiger charge is 2.35. The van der Waals surface area contributed by atoms with Gasteiger partial charge in [-0.15, -0.1) is 12.4 Å². The molecule has 0 bridgehead atoms. The molecule has 1 atom stereocenters. The molecule has 1 amide bonds. The zero-order valence-corrected chi connectivity index (χ0v) is 15.3. The number of rotatable bonds is 6. The Labute approximate surface area is 149 Å². The number of nitrogens with one attached hydrogen (secondary N) is 2. The Morgan fingerprint density at radius 3 is 2.46 bits per heavy atom. The number of carbonyl (C=O) groups is 1. The van der Waals surface area contributed by atoms with Gasteiger partial charge in [-0.2, -0.15) is 0 Å². The third-order valence-corrected chi connectivity index (χ3v) is 4.44. The second kappa shape index (κ2) is 9.32. The number of hydrogen-bond donors (Lipinski definition) is 2. The first-order valence-electron chi connectivity index (χ1n) is 7.97. The molecule has 0 spiro atoms. The van der Waals surface area contributed by atoms with Gasteiger partial charge in [0.2, 0.25) is 5.91 Å². The fourth-order valence-electron chi connectivity index (χ4n) is 2.78. The number of nitrogens with zero attached hydrogens (tertiary/aromatic N) is 1. The normalized spacial score (nSPS) is 17.0. The van der Waals surface area contributed by atoms with Crippen LogP contribution in [0.2, 0.25) is 0 Å². The summed E-state index contributed by atoms with van der Waals surface area (Å²) in [7, 11) is 1.58. The van der Waals surface area contributed by atoms with Crippen LogP contribution in [0.3, 0.4) is 0 Å². The van der Waals surface area contributed by atoms with E-state index in [1.807, 2.05) is 13.8 Å². The van der Waals surface area contributed by atoms with Crippen molar-refractivity contribution in [1.29, 1.82) is 0 Å². The molecule has 1 aliphatic rings. The largest absolute Gasteiger partial charge is 0.375 e. The van der Waals surface area contributed by atoms with E-state index in [9.17, 15) is 9.18 Å². The minimum atomic E-state index is -0.566. The van der Waals surface area contributed by atoms with Gasteiger partial charge in [-0.05, 0) is 31.5 Å². The summed E-state index contributed by atoms with van der Waals surface area (Å²) in [4.78, 5) is 14.8. The number of ether oxygens (including phenoxy) is 1. The molecular formula is C17H27ClFN3O2. The number of carbonyl (C=O) groups excluding carboxylic acids is 1. The second-order valence-corrected chi connectivity index (χ2v) is 6.28. The van der Waals surface area contributed by atoms with Crippen molar-refractivity contribution in [3.05, 3.63) is 35.6 Å². The molecule has 1 aromatic rings. The van der Waals surface area contributed by atoms with Crippen molar-refractivity contribution in [3.63, 3.8) is 0 Å². The second-order valence-electron chi connectivity index (χ2n) is 6.28. The lowest BCUT2D eigenvalue weighted by molar-refractivity contribution is -0.132. The van der Waals surface area contributed by atoms with E-state index in [4.69, 9.17) is 4.74 Å². The van der Waals surface area contributed by atoms with Gasteiger partial charge in [0, 0.05) is 39.8 Å². The molecule has 7 heteroatoms. The summed E-state index contributed by atoms with van der Waals surface area (Å²) < 4.78 is 18.4. The fraction of sp³-hybridized carbons (Fsp3) is 0.588. The lowest BCUT2D eigenvalue weighted by Gasteiger charge is -2.40. The molecule has 0 saturated carbocycles. The smallest absolute Gasteiger partial charge is 0.240 e. The van der Waals surface area contributed by atoms with Crippen molar-refractivity contribution in [3.8, 4) is 0 Å². The zero-order valence-electron chi connectivity index (χ0n) is 14.5. The van der Waals surface area contributed by atoms with Crippen LogP contribution in [-0.4, -0.2) is 56.2 Å². The van der Waals surface area contributed by atoms with E-state index < -0.39 is 5.54 Å². The Morgan fingerprint density at radius 1 is 1.33 bits per heavy atom. The molecule has 1 heterocycles. The topological polar surface area (TPSA) is 53.6 Å². The van der Waals surface area contributed by atoms with Crippen LogP contribution in [0.25, 0.3) is 0 Å². The monoisotopic (exact) mass is 359 g/mol. The van der Waals surface area contributed by atoms with Crippen molar-refractivity contribution in [2.45, 2.75) is 25.5 Å². The number of hydrogen-bond acceptors (Lipinski definition) is 4. The minimum Gasteiger partial charge on any atom is -0.375 e. The van der Waals surface area contributed by atoms with E-state index in [0.29, 0.717) is 6.54 Å². The molecule has 1 aromatic carbocycles. The van der Waals surface area contributed by atoms with Gasteiger partial charge in [0.15, 0.2) is 0 Å². The highest BCUT2D eigenvalue weighted by molar-refractivity contribution is 5.85. The number of piperazine rings is 1. The van der Waals surface area contributed by atoms with E-state index in [1.165, 1.54) is 12.1 Å². The Bertz CT molecular complexity index is 519. The third-order valence-electron chi connectivity index (χ3n) is 4.44. The van der Waals surface area contributed by atoms with Crippen LogP contribution >= 0.6 is 12.4 Å². The maximum Gasteiger partial charge on any atom is 0.240 e. The van der Waals surface area contributed by atoms with Gasteiger partial charge in [-0.25, -0.2) is 4.39 Å². The van der Waals surface area contributed by atoms with Crippen LogP contribution in [0.15, 0.2) is 24.3 Å². The molecule has 0 radical (unpaired) electrons. The lowest BCUT2D eigenvalue weighted by Crippen LogP contribution is -2.60. The van der Waals surface area contributed by atoms with Gasteiger partial charge in [0.1, 0.15) is 5.82 Å². The van der Waals surface area contributed by atoms with Crippen molar-refractivity contribution in [2.24, 2.45) is 0 Å². The van der Waals surface area contributed by atoms with Gasteiger partial charge in [0.25, 0.3) is 0 Å². The molecule has 1 aliphatic heterocycles. The number of methoxy groups -OCH3 is 1. The fourth-order valence-corrected chi connectivity index (χ4v) is 2.78. The van der Waals surface area contributed by atoms with Gasteiger partial charge in [-0.1, -0.05) is 12.1 Å². The highest BCUT2D eigenvalue weighted by Crippen LogP contribution is 2.18. The average molecular weight is 360 g/mol. The number of benzene rings is 1. The van der Waals surface area contributed by atoms with Crippen LogP contribution in [0, 0.1) is 5.82 Å². The molecular weight excluding hydrogens is 333 g/mol. The quantitative estimate of drug-likeness (QED) is 0.812. The first-order valence-corrected chi connectivity index (χ1v) is 7.97. The molecule has 1 saturated heterocycles. The van der Waals surface area contributed by atoms with Crippen molar-refractivity contribution in [1.82, 2.24) is 15.5 Å². The summed E-state index contributed by atoms with van der Waals surface area (Å²) in [5, 5.41) is 6.25. The van der Waals surface area contributed by atoms with Crippen molar-refractivity contribution >= 4 is 18.3 Å². The van der Waals surface area contributed by atoms with E-state index in [1.54, 1.807) is 19.2 Å². The first kappa shape index (κ1) is 20.8. The molecule has 5 nitrogen and oxygen atoms in total. The first-order chi connectivity index (χ1) is 10.9. The van der Waals surface area contributed by atoms with Gasteiger partial charge in [0.05, 0.1) is 11.6 Å². The Kier molecular flexibility index (Phi) is 8.09. The van der Waals surface area contributed by atoms with Crippen molar-refractivity contribution < 1.29 is 13.9 Å². The molecule has 0 aromatic heterocycles. The average Bonchev–Trinajstić information content (AvgIpc) is 2.57. The Hall–Kier alpha value is -1.21. The highest BCUT2D eigenvalue weighted by atomic mass is 35.5. The maximum atomic E-state index is 13.0. The van der Waals surface area contributed by atoms with Gasteiger partial charge < -0.3 is 15.4 Å². The third kappa shape index (κ3) is 5.14. The van der Waals surface area contributed by atoms with E-state index in [0.717, 1.165) is 31.7 Å². The maximum absolute atomic E-state index is 13.0. The summed E-state index contributed by atoms with van der Waals surface area (Å²) in [6, 6.07) is 6.15. The Balaban J connectivity index is 0.00000288. The molecule has 2 rings (SSSR count). The van der Waals surface area contributed by atoms with E-state index in [-0.39, 0.29) is 30.2 Å². The molecule has 2 N–H and O–H groups in total. The molecule has 0 aliphatic carbocycles. The molecule has 24 heavy (non-hydrogen) atoms. The predicted octanol–water partition coefficient (Wildman–Crippen LogP) is 1.73. The molecule has 136 valence electrons. The summed E-state index contributed by atoms with van der Waals surface area (Å²) >= 11 is 0. The van der Waals surface area contributed by atoms with Crippen LogP contribution in [0.1, 0.15) is 25.5 Å². The van der Waals surface area contributed by atoms with Crippen LogP contribution < -0.4 is 10.6 Å². The summed E-state index contributed by atoms with van der Waals surface area (Å²) in [6.45, 7) is 7.73. The molecule has 1 unspecified atom stereocenters. The van der Waals surface area contributed by atoms with Crippen molar-refractivity contribution in [2.75, 3.05) is 39.8 Å². The van der Waals surface area contributed by atoms with Gasteiger partial charge in [-0.3, -0.25) is 9.69 Å². The Morgan fingerprint density at radius 2 is 1.92 bits per heavy atom. The predicted molar refractivity (Wildman–Crippen MR) is 94.9 cm³/mol. The molecule has 1 fully saturated rings. The number of halogens is 2. The van der Waals surface area contributed by atoms with Gasteiger partial charge >= 0.3 is 0 Å². The lowest BCUT2D eigenvalue weighted by atomic mass is 10.00. The van der Waals surface area contributed by atoms with E-state index >= 15 is 0 Å². The zero-order chi connectivity index (χ0) is 16.9. The summed E-state index contributed by atoms with van der Waals surface area (Å²) in [5.41, 5.74) is 0.276. The summed E-state index contributed by atoms with van der Waals surface area (Å²) in [5.74, 6) is -0.309. The van der Waals surface area contributed by atoms with E-state index in [2.05, 4.69) is 15.5 Å². The van der Waals surface area contributed by atoms with Crippen LogP contribution in [-0.2, 0) is 9.53 Å². The minimum absolute atomic E-state index is 0. The van der Waals surface area contributed by atoms with Crippen LogP contribution in [0.4, 0.5) is 4.39 Å². The summed E-state index contributed by atoms with van der Waals surface area (Å²) in [6.07, 6.45) is -0.293. The SMILES string of the molecule is COC(CNC(=O)C(C)(C)N1CCNCC1)c1ccc(F)cc1.Cl. The van der Waals surface area contributed by atoms with Crippen LogP contribution in [0.5, 0.6) is 0 Å². The standard InChI is InChI=1S/C17H26FN3O2.ClH/c1-17(2,21-10-8-19-9-11-21)16(22)20-12-15(23-3)13-4-6-14(18)7-5-13;/h4-7,15,19H,8-12H2,1-3H3,(H,20,22);1H. The number of amides is 1.